The molecular weight excluding hydrogens is 400 g/mol. The number of fused-ring (bicyclic) bond motifs is 1. The van der Waals surface area contributed by atoms with Crippen molar-refractivity contribution in [1.82, 2.24) is 4.98 Å². The van der Waals surface area contributed by atoms with Crippen molar-refractivity contribution < 1.29 is 18.3 Å². The van der Waals surface area contributed by atoms with Gasteiger partial charge in [-0.3, -0.25) is 4.79 Å². The molecule has 0 aliphatic rings. The van der Waals surface area contributed by atoms with Gasteiger partial charge in [-0.05, 0) is 54.6 Å². The number of hydrogen-bond acceptors (Lipinski definition) is 4. The highest BCUT2D eigenvalue weighted by atomic mass is 19.3. The van der Waals surface area contributed by atoms with E-state index in [1.807, 2.05) is 12.1 Å². The first kappa shape index (κ1) is 20.3. The lowest BCUT2D eigenvalue weighted by Gasteiger charge is -2.13. The van der Waals surface area contributed by atoms with Crippen LogP contribution in [-0.4, -0.2) is 18.0 Å². The number of nitrogens with one attached hydrogen (secondary N) is 2. The summed E-state index contributed by atoms with van der Waals surface area (Å²) < 4.78 is 31.7. The first-order chi connectivity index (χ1) is 15.0. The van der Waals surface area contributed by atoms with Gasteiger partial charge in [0.15, 0.2) is 0 Å². The lowest BCUT2D eigenvalue weighted by atomic mass is 10.1. The summed E-state index contributed by atoms with van der Waals surface area (Å²) in [6.45, 7) is 0. The normalized spacial score (nSPS) is 10.8. The van der Waals surface area contributed by atoms with Crippen molar-refractivity contribution >= 4 is 33.9 Å². The largest absolute Gasteiger partial charge is 0.497 e. The maximum atomic E-state index is 13.3. The molecule has 1 amide bonds. The molecule has 0 saturated carbocycles. The van der Waals surface area contributed by atoms with Gasteiger partial charge < -0.3 is 15.4 Å². The number of para-hydroxylation sites is 1. The van der Waals surface area contributed by atoms with Crippen LogP contribution in [0.1, 0.15) is 22.5 Å². The molecule has 2 N–H and O–H groups in total. The van der Waals surface area contributed by atoms with Crippen LogP contribution >= 0.6 is 0 Å². The van der Waals surface area contributed by atoms with Crippen LogP contribution in [0.25, 0.3) is 10.9 Å². The lowest BCUT2D eigenvalue weighted by Crippen LogP contribution is -2.11. The van der Waals surface area contributed by atoms with E-state index in [2.05, 4.69) is 15.6 Å². The van der Waals surface area contributed by atoms with Crippen molar-refractivity contribution in [3.05, 3.63) is 90.1 Å². The van der Waals surface area contributed by atoms with Gasteiger partial charge in [0.05, 0.1) is 12.6 Å². The number of carbonyl (C=O) groups is 1. The number of alkyl halides is 2. The van der Waals surface area contributed by atoms with E-state index in [9.17, 15) is 13.6 Å². The van der Waals surface area contributed by atoms with Gasteiger partial charge >= 0.3 is 0 Å². The van der Waals surface area contributed by atoms with Crippen molar-refractivity contribution in [1.29, 1.82) is 0 Å². The Morgan fingerprint density at radius 3 is 2.42 bits per heavy atom. The van der Waals surface area contributed by atoms with Crippen LogP contribution in [0.3, 0.4) is 0 Å². The molecule has 7 heteroatoms. The number of carbonyl (C=O) groups excluding carboxylic acids is 1. The Kier molecular flexibility index (Phi) is 5.75. The fraction of sp³-hybridized carbons (Fsp3) is 0.0833. The molecule has 0 bridgehead atoms. The van der Waals surface area contributed by atoms with E-state index in [4.69, 9.17) is 4.74 Å². The molecule has 4 rings (SSSR count). The molecule has 0 spiro atoms. The Morgan fingerprint density at radius 2 is 1.68 bits per heavy atom. The molecule has 0 fully saturated rings. The number of anilines is 3. The number of halogens is 2. The maximum Gasteiger partial charge on any atom is 0.280 e. The Bertz CT molecular complexity index is 1230. The average Bonchev–Trinajstić information content (AvgIpc) is 2.79. The summed E-state index contributed by atoms with van der Waals surface area (Å²) in [5.41, 5.74) is 2.39. The molecular formula is C24H19F2N3O2. The Morgan fingerprint density at radius 1 is 0.935 bits per heavy atom. The lowest BCUT2D eigenvalue weighted by molar-refractivity contribution is 0.102. The molecule has 1 heterocycles. The number of nitrogens with zero attached hydrogens (tertiary/aromatic N) is 1. The number of methoxy groups -OCH3 is 1. The van der Waals surface area contributed by atoms with Crippen molar-refractivity contribution in [3.8, 4) is 5.75 Å². The highest BCUT2D eigenvalue weighted by Crippen LogP contribution is 2.30. The second-order valence-electron chi connectivity index (χ2n) is 6.80. The predicted octanol–water partition coefficient (Wildman–Crippen LogP) is 6.18. The molecule has 0 radical (unpaired) electrons. The van der Waals surface area contributed by atoms with E-state index in [0.717, 1.165) is 5.39 Å². The highest BCUT2D eigenvalue weighted by molar-refractivity contribution is 6.04. The average molecular weight is 419 g/mol. The summed E-state index contributed by atoms with van der Waals surface area (Å²) in [6, 6.07) is 22.2. The summed E-state index contributed by atoms with van der Waals surface area (Å²) in [6.07, 6.45) is -2.68. The Labute approximate surface area is 177 Å². The van der Waals surface area contributed by atoms with Crippen LogP contribution in [0.4, 0.5) is 25.8 Å². The van der Waals surface area contributed by atoms with Gasteiger partial charge in [-0.1, -0.05) is 24.3 Å². The van der Waals surface area contributed by atoms with Crippen LogP contribution < -0.4 is 15.4 Å². The smallest absolute Gasteiger partial charge is 0.280 e. The fourth-order valence-electron chi connectivity index (χ4n) is 3.19. The van der Waals surface area contributed by atoms with Gasteiger partial charge in [-0.2, -0.15) is 0 Å². The number of hydrogen-bond donors (Lipinski definition) is 2. The van der Waals surface area contributed by atoms with Crippen LogP contribution in [0.15, 0.2) is 78.9 Å². The number of benzene rings is 3. The molecule has 0 saturated heterocycles. The van der Waals surface area contributed by atoms with Crippen molar-refractivity contribution in [2.24, 2.45) is 0 Å². The molecule has 3 aromatic carbocycles. The third-order valence-corrected chi connectivity index (χ3v) is 4.71. The molecule has 156 valence electrons. The third kappa shape index (κ3) is 4.61. The zero-order valence-electron chi connectivity index (χ0n) is 16.6. The van der Waals surface area contributed by atoms with Crippen molar-refractivity contribution in [2.45, 2.75) is 6.43 Å². The van der Waals surface area contributed by atoms with Crippen LogP contribution in [0.5, 0.6) is 5.75 Å². The van der Waals surface area contributed by atoms with E-state index in [1.54, 1.807) is 67.8 Å². The van der Waals surface area contributed by atoms with E-state index in [1.165, 1.54) is 6.07 Å². The summed E-state index contributed by atoms with van der Waals surface area (Å²) in [7, 11) is 1.56. The molecule has 0 aliphatic carbocycles. The monoisotopic (exact) mass is 419 g/mol. The summed E-state index contributed by atoms with van der Waals surface area (Å²) in [5, 5.41) is 6.73. The second-order valence-corrected chi connectivity index (χ2v) is 6.80. The minimum Gasteiger partial charge on any atom is -0.497 e. The van der Waals surface area contributed by atoms with Gasteiger partial charge in [0.25, 0.3) is 12.3 Å². The molecule has 0 unspecified atom stereocenters. The van der Waals surface area contributed by atoms with Gasteiger partial charge in [-0.25, -0.2) is 13.8 Å². The maximum absolute atomic E-state index is 13.3. The van der Waals surface area contributed by atoms with Crippen LogP contribution in [0, 0.1) is 0 Å². The molecule has 5 nitrogen and oxygen atoms in total. The summed E-state index contributed by atoms with van der Waals surface area (Å²) in [5.74, 6) is 0.393. The number of pyridine rings is 1. The predicted molar refractivity (Wildman–Crippen MR) is 117 cm³/mol. The van der Waals surface area contributed by atoms with Crippen molar-refractivity contribution in [2.75, 3.05) is 17.7 Å². The fourth-order valence-corrected chi connectivity index (χ4v) is 3.19. The first-order valence-electron chi connectivity index (χ1n) is 9.54. The summed E-state index contributed by atoms with van der Waals surface area (Å²) in [4.78, 5) is 16.5. The van der Waals surface area contributed by atoms with Gasteiger partial charge in [0, 0.05) is 28.0 Å². The van der Waals surface area contributed by atoms with Gasteiger partial charge in [0.2, 0.25) is 0 Å². The summed E-state index contributed by atoms with van der Waals surface area (Å²) >= 11 is 0. The van der Waals surface area contributed by atoms with Crippen LogP contribution in [-0.2, 0) is 0 Å². The first-order valence-corrected chi connectivity index (χ1v) is 9.54. The zero-order valence-corrected chi connectivity index (χ0v) is 16.6. The minimum atomic E-state index is -2.68. The van der Waals surface area contributed by atoms with E-state index in [-0.39, 0.29) is 11.6 Å². The van der Waals surface area contributed by atoms with E-state index < -0.39 is 6.43 Å². The Hall–Kier alpha value is -4.00. The van der Waals surface area contributed by atoms with Gasteiger partial charge in [-0.15, -0.1) is 0 Å². The molecule has 4 aromatic rings. The number of rotatable bonds is 6. The number of aromatic nitrogens is 1. The van der Waals surface area contributed by atoms with Crippen LogP contribution in [0.2, 0.25) is 0 Å². The van der Waals surface area contributed by atoms with Gasteiger partial charge in [0.1, 0.15) is 11.4 Å². The Balaban J connectivity index is 1.58. The van der Waals surface area contributed by atoms with E-state index >= 15 is 0 Å². The molecule has 1 aromatic heterocycles. The topological polar surface area (TPSA) is 63.2 Å². The minimum absolute atomic E-state index is 0.269. The molecule has 31 heavy (non-hydrogen) atoms. The zero-order chi connectivity index (χ0) is 21.8. The number of amides is 1. The van der Waals surface area contributed by atoms with E-state index in [0.29, 0.717) is 33.9 Å². The standard InChI is InChI=1S/C24H19F2N3O2/c1-31-18-11-9-15(10-12-18)24(30)28-17-6-4-5-16(13-17)27-21-14-22(23(25)26)29-20-8-3-2-7-19(20)21/h2-14,23H,1H3,(H,27,29)(H,28,30). The molecule has 0 atom stereocenters. The highest BCUT2D eigenvalue weighted by Gasteiger charge is 2.14. The third-order valence-electron chi connectivity index (χ3n) is 4.71. The SMILES string of the molecule is COc1ccc(C(=O)Nc2cccc(Nc3cc(C(F)F)nc4ccccc34)c2)cc1. The van der Waals surface area contributed by atoms with Crippen molar-refractivity contribution in [3.63, 3.8) is 0 Å². The number of ether oxygens (including phenoxy) is 1. The quantitative estimate of drug-likeness (QED) is 0.392. The second kappa shape index (κ2) is 8.79. The molecule has 0 aliphatic heterocycles.